The van der Waals surface area contributed by atoms with Gasteiger partial charge in [-0.3, -0.25) is 13.7 Å². The van der Waals surface area contributed by atoms with E-state index in [9.17, 15) is 13.6 Å². The van der Waals surface area contributed by atoms with E-state index in [-0.39, 0.29) is 23.3 Å². The van der Waals surface area contributed by atoms with Crippen LogP contribution in [0.25, 0.3) is 0 Å². The standard InChI is InChI=1S/C7H11N3O3S2/c1-4(2)5(11)3-6-8-9-7(14-6)10-15(12)13/h4H,3H2,1-2H3,(H,9,10)(H,12,13)/p-1. The van der Waals surface area contributed by atoms with Crippen molar-refractivity contribution in [3.05, 3.63) is 5.01 Å². The van der Waals surface area contributed by atoms with Crippen LogP contribution in [0.1, 0.15) is 18.9 Å². The molecule has 1 rings (SSSR count). The van der Waals surface area contributed by atoms with Gasteiger partial charge in [0.25, 0.3) is 0 Å². The van der Waals surface area contributed by atoms with E-state index in [4.69, 9.17) is 0 Å². The molecule has 0 saturated heterocycles. The lowest BCUT2D eigenvalue weighted by atomic mass is 10.1. The SMILES string of the molecule is CC(C)C(=O)Cc1nnc(NS(=O)[O-])s1. The van der Waals surface area contributed by atoms with Gasteiger partial charge in [-0.1, -0.05) is 25.2 Å². The fourth-order valence-electron chi connectivity index (χ4n) is 0.791. The Morgan fingerprint density at radius 1 is 1.60 bits per heavy atom. The van der Waals surface area contributed by atoms with Crippen molar-refractivity contribution in [2.45, 2.75) is 20.3 Å². The van der Waals surface area contributed by atoms with Gasteiger partial charge >= 0.3 is 0 Å². The van der Waals surface area contributed by atoms with Crippen molar-refractivity contribution < 1.29 is 13.6 Å². The number of aromatic nitrogens is 2. The molecule has 1 unspecified atom stereocenters. The van der Waals surface area contributed by atoms with Crippen LogP contribution in [0.2, 0.25) is 0 Å². The first kappa shape index (κ1) is 12.2. The Hall–Kier alpha value is -0.860. The second-order valence-electron chi connectivity index (χ2n) is 3.14. The van der Waals surface area contributed by atoms with Crippen molar-refractivity contribution >= 4 is 33.5 Å². The minimum atomic E-state index is -2.40. The second kappa shape index (κ2) is 5.29. The number of nitrogens with one attached hydrogen (secondary N) is 1. The Bertz CT molecular complexity index is 377. The van der Waals surface area contributed by atoms with Crippen LogP contribution < -0.4 is 4.72 Å². The number of hydrogen-bond acceptors (Lipinski definition) is 6. The van der Waals surface area contributed by atoms with Gasteiger partial charge in [0.1, 0.15) is 10.8 Å². The molecule has 0 amide bonds. The molecular formula is C7H10N3O3S2-. The smallest absolute Gasteiger partial charge is 0.216 e. The van der Waals surface area contributed by atoms with Crippen molar-refractivity contribution in [1.82, 2.24) is 10.2 Å². The molecule has 0 saturated carbocycles. The summed E-state index contributed by atoms with van der Waals surface area (Å²) in [5.74, 6) is -0.0000967. The molecule has 0 fully saturated rings. The van der Waals surface area contributed by atoms with Gasteiger partial charge in [-0.2, -0.15) is 0 Å². The van der Waals surface area contributed by atoms with E-state index >= 15 is 0 Å². The summed E-state index contributed by atoms with van der Waals surface area (Å²) in [5.41, 5.74) is 0. The van der Waals surface area contributed by atoms with Gasteiger partial charge in [-0.05, 0) is 0 Å². The summed E-state index contributed by atoms with van der Waals surface area (Å²) in [4.78, 5) is 11.3. The highest BCUT2D eigenvalue weighted by Gasteiger charge is 2.12. The highest BCUT2D eigenvalue weighted by Crippen LogP contribution is 2.17. The fourth-order valence-corrected chi connectivity index (χ4v) is 1.95. The summed E-state index contributed by atoms with van der Waals surface area (Å²) in [6, 6.07) is 0. The molecule has 84 valence electrons. The van der Waals surface area contributed by atoms with Crippen LogP contribution in [-0.4, -0.2) is 24.7 Å². The van der Waals surface area contributed by atoms with Crippen molar-refractivity contribution in [2.75, 3.05) is 4.72 Å². The number of carbonyl (C=O) groups is 1. The fraction of sp³-hybridized carbons (Fsp3) is 0.571. The first-order valence-electron chi connectivity index (χ1n) is 4.20. The van der Waals surface area contributed by atoms with Gasteiger partial charge in [0, 0.05) is 17.2 Å². The van der Waals surface area contributed by atoms with Crippen molar-refractivity contribution in [3.63, 3.8) is 0 Å². The number of carbonyl (C=O) groups excluding carboxylic acids is 1. The van der Waals surface area contributed by atoms with Crippen LogP contribution in [0, 0.1) is 5.92 Å². The topological polar surface area (TPSA) is 95.0 Å². The molecule has 0 aliphatic rings. The van der Waals surface area contributed by atoms with Crippen LogP contribution in [0.3, 0.4) is 0 Å². The van der Waals surface area contributed by atoms with Crippen LogP contribution in [0.15, 0.2) is 0 Å². The maximum absolute atomic E-state index is 11.3. The molecule has 0 aromatic carbocycles. The predicted octanol–water partition coefficient (Wildman–Crippen LogP) is 0.512. The molecule has 6 nitrogen and oxygen atoms in total. The zero-order chi connectivity index (χ0) is 11.4. The minimum Gasteiger partial charge on any atom is -0.755 e. The third-order valence-electron chi connectivity index (χ3n) is 1.61. The van der Waals surface area contributed by atoms with E-state index in [0.29, 0.717) is 5.01 Å². The summed E-state index contributed by atoms with van der Waals surface area (Å²) < 4.78 is 22.6. The molecular weight excluding hydrogens is 238 g/mol. The Balaban J connectivity index is 2.60. The molecule has 1 heterocycles. The Labute approximate surface area is 93.5 Å². The summed E-state index contributed by atoms with van der Waals surface area (Å²) >= 11 is -1.34. The quantitative estimate of drug-likeness (QED) is 0.766. The van der Waals surface area contributed by atoms with E-state index in [1.54, 1.807) is 13.8 Å². The minimum absolute atomic E-state index is 0.0564. The van der Waals surface area contributed by atoms with E-state index in [2.05, 4.69) is 14.9 Å². The zero-order valence-corrected chi connectivity index (χ0v) is 9.85. The number of rotatable bonds is 5. The molecule has 0 aliphatic heterocycles. The van der Waals surface area contributed by atoms with Crippen molar-refractivity contribution in [3.8, 4) is 0 Å². The molecule has 1 aromatic rings. The molecule has 1 aromatic heterocycles. The Morgan fingerprint density at radius 2 is 2.27 bits per heavy atom. The molecule has 8 heteroatoms. The Kier molecular flexibility index (Phi) is 4.30. The lowest BCUT2D eigenvalue weighted by molar-refractivity contribution is -0.121. The second-order valence-corrected chi connectivity index (χ2v) is 4.87. The number of ketones is 1. The van der Waals surface area contributed by atoms with Crippen LogP contribution >= 0.6 is 11.3 Å². The largest absolute Gasteiger partial charge is 0.755 e. The molecule has 0 radical (unpaired) electrons. The Morgan fingerprint density at radius 3 is 2.80 bits per heavy atom. The number of nitrogens with zero attached hydrogens (tertiary/aromatic N) is 2. The summed E-state index contributed by atoms with van der Waals surface area (Å²) in [6.45, 7) is 3.60. The van der Waals surface area contributed by atoms with Crippen LogP contribution in [-0.2, 0) is 22.5 Å². The van der Waals surface area contributed by atoms with Gasteiger partial charge < -0.3 is 4.55 Å². The average Bonchev–Trinajstić information content (AvgIpc) is 2.51. The summed E-state index contributed by atoms with van der Waals surface area (Å²) in [7, 11) is 0. The first-order valence-corrected chi connectivity index (χ1v) is 6.09. The van der Waals surface area contributed by atoms with Crippen molar-refractivity contribution in [2.24, 2.45) is 5.92 Å². The number of anilines is 1. The monoisotopic (exact) mass is 248 g/mol. The third kappa shape index (κ3) is 4.02. The van der Waals surface area contributed by atoms with E-state index in [1.165, 1.54) is 0 Å². The molecule has 1 atom stereocenters. The van der Waals surface area contributed by atoms with E-state index < -0.39 is 11.3 Å². The first-order chi connectivity index (χ1) is 6.99. The van der Waals surface area contributed by atoms with Crippen molar-refractivity contribution in [1.29, 1.82) is 0 Å². The molecule has 1 N–H and O–H groups in total. The maximum atomic E-state index is 11.3. The number of hydrogen-bond donors (Lipinski definition) is 1. The summed E-state index contributed by atoms with van der Waals surface area (Å²) in [5, 5.41) is 7.98. The third-order valence-corrected chi connectivity index (χ3v) is 2.93. The number of Topliss-reactive ketones (excluding diaryl/α,β-unsaturated/α-hetero) is 1. The highest BCUT2D eigenvalue weighted by atomic mass is 32.2. The van der Waals surface area contributed by atoms with Gasteiger partial charge in [-0.25, -0.2) is 0 Å². The summed E-state index contributed by atoms with van der Waals surface area (Å²) in [6.07, 6.45) is 0.197. The van der Waals surface area contributed by atoms with E-state index in [1.807, 2.05) is 0 Å². The van der Waals surface area contributed by atoms with E-state index in [0.717, 1.165) is 11.3 Å². The molecule has 0 spiro atoms. The van der Waals surface area contributed by atoms with Gasteiger partial charge in [0.2, 0.25) is 5.13 Å². The normalized spacial score (nSPS) is 12.8. The zero-order valence-electron chi connectivity index (χ0n) is 8.22. The van der Waals surface area contributed by atoms with Gasteiger partial charge in [0.15, 0.2) is 0 Å². The van der Waals surface area contributed by atoms with Crippen LogP contribution in [0.5, 0.6) is 0 Å². The lowest BCUT2D eigenvalue weighted by Gasteiger charge is -2.02. The molecule has 0 aliphatic carbocycles. The highest BCUT2D eigenvalue weighted by molar-refractivity contribution is 7.80. The predicted molar refractivity (Wildman–Crippen MR) is 56.0 cm³/mol. The van der Waals surface area contributed by atoms with Crippen LogP contribution in [0.4, 0.5) is 5.13 Å². The lowest BCUT2D eigenvalue weighted by Crippen LogP contribution is -2.09. The maximum Gasteiger partial charge on any atom is 0.216 e. The van der Waals surface area contributed by atoms with Gasteiger partial charge in [0.05, 0.1) is 6.42 Å². The molecule has 0 bridgehead atoms. The average molecular weight is 248 g/mol. The molecule has 15 heavy (non-hydrogen) atoms. The van der Waals surface area contributed by atoms with Gasteiger partial charge in [-0.15, -0.1) is 10.2 Å².